The smallest absolute Gasteiger partial charge is 0.252 e. The van der Waals surface area contributed by atoms with E-state index >= 15 is 0 Å². The highest BCUT2D eigenvalue weighted by Gasteiger charge is 2.46. The molecular formula is C116H84BN5. The maximum Gasteiger partial charge on any atom is 0.252 e. The minimum atomic E-state index is -0.329. The van der Waals surface area contributed by atoms with Crippen molar-refractivity contribution >= 4 is 139 Å². The van der Waals surface area contributed by atoms with E-state index in [1.165, 1.54) is 87.2 Å². The monoisotopic (exact) mass is 1560 g/mol. The maximum atomic E-state index is 2.74. The number of anilines is 6. The molecule has 0 atom stereocenters. The second-order valence-corrected chi connectivity index (χ2v) is 35.5. The number of fused-ring (bicyclic) bond motifs is 16. The summed E-state index contributed by atoms with van der Waals surface area (Å²) in [6.45, 7) is 13.5. The molecule has 2 aliphatic heterocycles. The van der Waals surface area contributed by atoms with Crippen LogP contribution in [0.4, 0.5) is 34.1 Å². The van der Waals surface area contributed by atoms with E-state index in [9.17, 15) is 0 Å². The summed E-state index contributed by atoms with van der Waals surface area (Å²) in [4.78, 5) is 5.48. The Bertz CT molecular complexity index is 7390. The molecule has 22 aromatic rings. The summed E-state index contributed by atoms with van der Waals surface area (Å²) in [7, 11) is 0. The van der Waals surface area contributed by atoms with Gasteiger partial charge in [0.05, 0.1) is 50.0 Å². The molecule has 0 saturated carbocycles. The Kier molecular flexibility index (Phi) is 15.9. The van der Waals surface area contributed by atoms with Crippen molar-refractivity contribution in [1.29, 1.82) is 0 Å². The fourth-order valence-electron chi connectivity index (χ4n) is 20.7. The van der Waals surface area contributed by atoms with E-state index in [0.717, 1.165) is 145 Å². The molecule has 2 aliphatic rings. The van der Waals surface area contributed by atoms with Gasteiger partial charge in [0.25, 0.3) is 6.71 Å². The van der Waals surface area contributed by atoms with Crippen LogP contribution in [0.25, 0.3) is 171 Å². The maximum absolute atomic E-state index is 2.74. The third kappa shape index (κ3) is 11.0. The fraction of sp³-hybridized carbons (Fsp3) is 0.0690. The van der Waals surface area contributed by atoms with Crippen LogP contribution >= 0.6 is 0 Å². The van der Waals surface area contributed by atoms with Gasteiger partial charge in [-0.3, -0.25) is 0 Å². The number of hydrogen-bond donors (Lipinski definition) is 0. The molecule has 0 spiro atoms. The number of rotatable bonds is 11. The summed E-state index contributed by atoms with van der Waals surface area (Å²) >= 11 is 0. The molecule has 6 heterocycles. The van der Waals surface area contributed by atoms with Gasteiger partial charge < -0.3 is 23.3 Å². The summed E-state index contributed by atoms with van der Waals surface area (Å²) < 4.78 is 7.54. The predicted octanol–water partition coefficient (Wildman–Crippen LogP) is 29.4. The molecule has 24 rings (SSSR count). The van der Waals surface area contributed by atoms with Crippen molar-refractivity contribution in [3.05, 3.63) is 412 Å². The third-order valence-electron chi connectivity index (χ3n) is 26.4. The highest BCUT2D eigenvalue weighted by molar-refractivity contribution is 7.00. The molecule has 0 saturated heterocycles. The molecule has 0 radical (unpaired) electrons. The Morgan fingerprint density at radius 3 is 0.902 bits per heavy atom. The molecular weight excluding hydrogens is 1470 g/mol. The van der Waals surface area contributed by atoms with E-state index < -0.39 is 0 Å². The van der Waals surface area contributed by atoms with Crippen LogP contribution in [0.5, 0.6) is 0 Å². The molecule has 0 fully saturated rings. The lowest BCUT2D eigenvalue weighted by atomic mass is 9.33. The Morgan fingerprint density at radius 1 is 0.213 bits per heavy atom. The normalized spacial score (nSPS) is 12.8. The Morgan fingerprint density at radius 2 is 0.525 bits per heavy atom. The first kappa shape index (κ1) is 71.2. The minimum absolute atomic E-state index is 0.0358. The van der Waals surface area contributed by atoms with E-state index in [4.69, 9.17) is 0 Å². The van der Waals surface area contributed by atoms with Crippen LogP contribution in [-0.4, -0.2) is 20.2 Å². The first-order valence-corrected chi connectivity index (χ1v) is 42.8. The summed E-state index contributed by atoms with van der Waals surface area (Å²) in [5.74, 6) is 0. The molecule has 18 aromatic carbocycles. The molecule has 6 heteroatoms. The van der Waals surface area contributed by atoms with Gasteiger partial charge in [0, 0.05) is 99.5 Å². The molecule has 0 bridgehead atoms. The van der Waals surface area contributed by atoms with Gasteiger partial charge in [-0.25, -0.2) is 0 Å². The summed E-state index contributed by atoms with van der Waals surface area (Å²) in [6, 6.07) is 153. The van der Waals surface area contributed by atoms with E-state index in [0.29, 0.717) is 0 Å². The SMILES string of the molecule is CC(C)(C)c1ccc(-c2cc(-c3ccccc3)c(N3c4cc(-n5c6ccccc6c6ccccc65)ccc4B4c5ccc(-n6c7ccccc7c7ccccc76)cc5N(c5c(-c6ccccc6)cc(-c6ccc(C(C)(C)C)cc6)cc5-c5ccccc5)c5cc(-c6ccc7c(c6)c6cccc8c9ccccc9n7c86)cc3c54)c(-c3ccccc3)c2)cc1. The van der Waals surface area contributed by atoms with Gasteiger partial charge in [0.15, 0.2) is 0 Å². The first-order valence-electron chi connectivity index (χ1n) is 42.8. The van der Waals surface area contributed by atoms with Crippen molar-refractivity contribution < 1.29 is 0 Å². The lowest BCUT2D eigenvalue weighted by Crippen LogP contribution is -2.61. The van der Waals surface area contributed by atoms with Crippen molar-refractivity contribution in [1.82, 2.24) is 13.5 Å². The number of nitrogens with zero attached hydrogens (tertiary/aromatic N) is 5. The van der Waals surface area contributed by atoms with Crippen molar-refractivity contribution in [2.24, 2.45) is 0 Å². The Labute approximate surface area is 710 Å². The first-order chi connectivity index (χ1) is 59.8. The number of para-hydroxylation sites is 6. The average Bonchev–Trinajstić information content (AvgIpc) is 0.878. The van der Waals surface area contributed by atoms with E-state index in [2.05, 4.69) is 465 Å². The van der Waals surface area contributed by atoms with Crippen molar-refractivity contribution in [3.8, 4) is 89.3 Å². The van der Waals surface area contributed by atoms with Crippen LogP contribution < -0.4 is 26.2 Å². The molecule has 4 aromatic heterocycles. The van der Waals surface area contributed by atoms with E-state index in [-0.39, 0.29) is 17.5 Å². The number of aromatic nitrogens is 3. The standard InChI is InChI=1S/C116H84BN5/c1-115(2,3)83-55-50-73(51-56-83)80-65-94(75-30-11-7-12-31-75)113(95(66-80)76-32-13-8-14-33-76)121-107-71-85(118-101-45-24-19-38-87(101)88-39-20-25-46-102(88)118)59-61-99(107)117-100-62-60-86(119-103-47-26-21-40-89(103)90-41-22-27-48-104(90)119)72-108(100)122(114-96(77-34-15-9-16-35-77)67-81(68-97(114)78-36-17-10-18-37-78)74-52-57-84(58-53-74)116(4,5)6)110-70-82(69-109(121)111(110)117)79-54-63-106-98(64-79)93-44-29-43-92-91-42-23-28-49-105(91)120(106)112(92)93/h7-72H,1-6H3. The van der Waals surface area contributed by atoms with Crippen LogP contribution in [-0.2, 0) is 10.8 Å². The second kappa shape index (κ2) is 27.3. The van der Waals surface area contributed by atoms with Crippen LogP contribution in [0.15, 0.2) is 400 Å². The predicted molar refractivity (Wildman–Crippen MR) is 519 cm³/mol. The molecule has 0 unspecified atom stereocenters. The van der Waals surface area contributed by atoms with Crippen LogP contribution in [0.3, 0.4) is 0 Å². The molecule has 0 N–H and O–H groups in total. The molecule has 0 aliphatic carbocycles. The lowest BCUT2D eigenvalue weighted by Gasteiger charge is -2.46. The molecule has 122 heavy (non-hydrogen) atoms. The zero-order valence-electron chi connectivity index (χ0n) is 68.9. The highest BCUT2D eigenvalue weighted by Crippen LogP contribution is 2.57. The van der Waals surface area contributed by atoms with E-state index in [1.54, 1.807) is 0 Å². The zero-order valence-corrected chi connectivity index (χ0v) is 68.9. The van der Waals surface area contributed by atoms with Crippen molar-refractivity contribution in [3.63, 3.8) is 0 Å². The van der Waals surface area contributed by atoms with E-state index in [1.807, 2.05) is 0 Å². The summed E-state index contributed by atoms with van der Waals surface area (Å²) in [6.07, 6.45) is 0. The second-order valence-electron chi connectivity index (χ2n) is 35.5. The van der Waals surface area contributed by atoms with Gasteiger partial charge in [-0.2, -0.15) is 0 Å². The third-order valence-corrected chi connectivity index (χ3v) is 26.4. The Hall–Kier alpha value is -15.0. The molecule has 576 valence electrons. The quantitative estimate of drug-likeness (QED) is 0.120. The number of hydrogen-bond acceptors (Lipinski definition) is 2. The van der Waals surface area contributed by atoms with Gasteiger partial charge in [-0.15, -0.1) is 0 Å². The largest absolute Gasteiger partial charge is 0.310 e. The van der Waals surface area contributed by atoms with Crippen LogP contribution in [0, 0.1) is 0 Å². The summed E-state index contributed by atoms with van der Waals surface area (Å²) in [5, 5.41) is 9.82. The zero-order chi connectivity index (χ0) is 81.4. The van der Waals surface area contributed by atoms with Gasteiger partial charge in [0.2, 0.25) is 0 Å². The van der Waals surface area contributed by atoms with Crippen molar-refractivity contribution in [2.75, 3.05) is 9.80 Å². The fourth-order valence-corrected chi connectivity index (χ4v) is 20.7. The highest BCUT2D eigenvalue weighted by atomic mass is 15.2. The Balaban J connectivity index is 0.886. The van der Waals surface area contributed by atoms with Crippen LogP contribution in [0.1, 0.15) is 52.7 Å². The van der Waals surface area contributed by atoms with Gasteiger partial charge in [0.1, 0.15) is 0 Å². The topological polar surface area (TPSA) is 20.8 Å². The molecule has 0 amide bonds. The number of benzene rings is 18. The minimum Gasteiger partial charge on any atom is -0.310 e. The summed E-state index contributed by atoms with van der Waals surface area (Å²) in [5.41, 5.74) is 38.7. The van der Waals surface area contributed by atoms with Gasteiger partial charge in [-0.1, -0.05) is 339 Å². The van der Waals surface area contributed by atoms with Crippen LogP contribution in [0.2, 0.25) is 0 Å². The molecule has 5 nitrogen and oxygen atoms in total. The van der Waals surface area contributed by atoms with Gasteiger partial charge >= 0.3 is 0 Å². The average molecular weight is 1560 g/mol. The lowest BCUT2D eigenvalue weighted by molar-refractivity contribution is 0.590. The van der Waals surface area contributed by atoms with Gasteiger partial charge in [-0.05, 0) is 197 Å². The van der Waals surface area contributed by atoms with Crippen molar-refractivity contribution in [2.45, 2.75) is 52.4 Å².